The fraction of sp³-hybridized carbons (Fsp3) is 0.267. The first-order chi connectivity index (χ1) is 21.9. The Hall–Kier alpha value is -4.28. The molecule has 48 heavy (non-hydrogen) atoms. The highest BCUT2D eigenvalue weighted by Crippen LogP contribution is 2.41. The van der Waals surface area contributed by atoms with Crippen molar-refractivity contribution < 1.29 is 59.7 Å². The van der Waals surface area contributed by atoms with Crippen molar-refractivity contribution in [1.82, 2.24) is 4.98 Å². The number of alkyl halides is 8. The number of ether oxygens (including phenoxy) is 4. The molecule has 0 bridgehead atoms. The number of rotatable bonds is 10. The van der Waals surface area contributed by atoms with Gasteiger partial charge in [0.25, 0.3) is 0 Å². The lowest BCUT2D eigenvalue weighted by Gasteiger charge is -2.13. The summed E-state index contributed by atoms with van der Waals surface area (Å²) in [5, 5.41) is 0.0254. The van der Waals surface area contributed by atoms with E-state index in [4.69, 9.17) is 38.4 Å². The van der Waals surface area contributed by atoms with E-state index in [9.17, 15) is 40.7 Å². The third kappa shape index (κ3) is 13.4. The molecule has 3 aromatic rings. The SMILES string of the molecule is C.C=CCOc1ccc(C(F)(F)F)cc1-c1sc(N)nc1C(=O)OC.C=CCOc1ccc(C(F)(F)F)cc1C=O.COC(=O)C(Cl)Cl. The molecule has 0 spiro atoms. The van der Waals surface area contributed by atoms with Crippen LogP contribution >= 0.6 is 34.5 Å². The fourth-order valence-corrected chi connectivity index (χ4v) is 4.12. The Morgan fingerprint density at radius 3 is 1.83 bits per heavy atom. The van der Waals surface area contributed by atoms with Gasteiger partial charge < -0.3 is 24.7 Å². The molecular formula is C30H30Cl2F6N2O7S. The number of anilines is 1. The average molecular weight is 748 g/mol. The van der Waals surface area contributed by atoms with E-state index < -0.39 is 40.3 Å². The maximum Gasteiger partial charge on any atom is 0.416 e. The number of nitrogens with zero attached hydrogens (tertiary/aromatic N) is 1. The zero-order valence-electron chi connectivity index (χ0n) is 24.4. The van der Waals surface area contributed by atoms with Crippen molar-refractivity contribution in [3.8, 4) is 21.9 Å². The molecular weight excluding hydrogens is 717 g/mol. The molecule has 0 amide bonds. The number of aldehydes is 1. The number of nitrogens with two attached hydrogens (primary N) is 1. The Balaban J connectivity index is 0.000000793. The number of aromatic nitrogens is 1. The first-order valence-electron chi connectivity index (χ1n) is 12.5. The third-order valence-corrected chi connectivity index (χ3v) is 6.40. The summed E-state index contributed by atoms with van der Waals surface area (Å²) in [4.78, 5) is 35.4. The molecule has 2 N–H and O–H groups in total. The maximum atomic E-state index is 13.0. The van der Waals surface area contributed by atoms with Crippen LogP contribution in [0.2, 0.25) is 0 Å². The zero-order chi connectivity index (χ0) is 35.9. The normalized spacial score (nSPS) is 10.6. The maximum absolute atomic E-state index is 13.0. The van der Waals surface area contributed by atoms with E-state index in [1.807, 2.05) is 0 Å². The molecule has 0 saturated carbocycles. The topological polar surface area (TPSA) is 127 Å². The second-order valence-electron chi connectivity index (χ2n) is 8.32. The summed E-state index contributed by atoms with van der Waals surface area (Å²) in [6.45, 7) is 7.10. The molecule has 0 fully saturated rings. The number of hydrogen-bond donors (Lipinski definition) is 1. The number of nitrogen functional groups attached to an aromatic ring is 1. The van der Waals surface area contributed by atoms with Crippen molar-refractivity contribution >= 4 is 57.9 Å². The van der Waals surface area contributed by atoms with Gasteiger partial charge in [-0.3, -0.25) is 4.79 Å². The summed E-state index contributed by atoms with van der Waals surface area (Å²) < 4.78 is 95.1. The van der Waals surface area contributed by atoms with E-state index in [-0.39, 0.29) is 59.0 Å². The Kier molecular flexibility index (Phi) is 18.4. The molecule has 264 valence electrons. The minimum absolute atomic E-state index is 0. The van der Waals surface area contributed by atoms with Crippen LogP contribution in [0.5, 0.6) is 11.5 Å². The number of hydrogen-bond acceptors (Lipinski definition) is 10. The summed E-state index contributed by atoms with van der Waals surface area (Å²) in [5.41, 5.74) is 3.61. The van der Waals surface area contributed by atoms with Crippen LogP contribution < -0.4 is 15.2 Å². The Morgan fingerprint density at radius 2 is 1.42 bits per heavy atom. The van der Waals surface area contributed by atoms with E-state index >= 15 is 0 Å². The smallest absolute Gasteiger partial charge is 0.416 e. The van der Waals surface area contributed by atoms with Gasteiger partial charge in [0.15, 0.2) is 17.1 Å². The molecule has 0 aliphatic carbocycles. The van der Waals surface area contributed by atoms with Crippen LogP contribution in [0.4, 0.5) is 31.5 Å². The third-order valence-electron chi connectivity index (χ3n) is 5.13. The van der Waals surface area contributed by atoms with Gasteiger partial charge in [-0.2, -0.15) is 26.3 Å². The van der Waals surface area contributed by atoms with Crippen molar-refractivity contribution in [1.29, 1.82) is 0 Å². The predicted octanol–water partition coefficient (Wildman–Crippen LogP) is 8.44. The van der Waals surface area contributed by atoms with Gasteiger partial charge in [-0.05, 0) is 36.4 Å². The van der Waals surface area contributed by atoms with Crippen LogP contribution in [-0.2, 0) is 26.6 Å². The van der Waals surface area contributed by atoms with E-state index in [0.29, 0.717) is 6.29 Å². The Morgan fingerprint density at radius 1 is 0.917 bits per heavy atom. The van der Waals surface area contributed by atoms with Crippen molar-refractivity contribution in [3.05, 3.63) is 84.1 Å². The van der Waals surface area contributed by atoms with Gasteiger partial charge >= 0.3 is 24.3 Å². The van der Waals surface area contributed by atoms with Gasteiger partial charge in [0, 0.05) is 5.56 Å². The van der Waals surface area contributed by atoms with Crippen LogP contribution in [0.1, 0.15) is 39.4 Å². The molecule has 1 heterocycles. The van der Waals surface area contributed by atoms with Gasteiger partial charge in [-0.1, -0.05) is 67.3 Å². The fourth-order valence-electron chi connectivity index (χ4n) is 3.10. The van der Waals surface area contributed by atoms with Crippen LogP contribution in [0.15, 0.2) is 61.7 Å². The van der Waals surface area contributed by atoms with Gasteiger partial charge in [0.1, 0.15) is 24.7 Å². The number of methoxy groups -OCH3 is 2. The van der Waals surface area contributed by atoms with E-state index in [1.165, 1.54) is 25.3 Å². The number of carbonyl (C=O) groups is 3. The molecule has 0 atom stereocenters. The lowest BCUT2D eigenvalue weighted by atomic mass is 10.1. The standard InChI is InChI=1S/C15H13F3N2O3S.C11H9F3O2.C3H4Cl2O2.CH4/c1-3-6-23-10-5-4-8(15(16,17)18)7-9(10)12-11(13(21)22-2)20-14(19)24-12;1-2-5-16-10-4-3-9(11(12,13)14)6-8(10)7-15;1-7-3(6)2(4)5;/h3-5,7H,1,6H2,2H3,(H2,19,20);2-4,6-7H,1,5H2;2H,1H3;1H4. The van der Waals surface area contributed by atoms with Crippen molar-refractivity contribution in [2.24, 2.45) is 0 Å². The van der Waals surface area contributed by atoms with Crippen LogP contribution in [0.3, 0.4) is 0 Å². The van der Waals surface area contributed by atoms with E-state index in [1.54, 1.807) is 0 Å². The molecule has 1 aromatic heterocycles. The zero-order valence-corrected chi connectivity index (χ0v) is 26.7. The highest BCUT2D eigenvalue weighted by atomic mass is 35.5. The molecule has 0 radical (unpaired) electrons. The summed E-state index contributed by atoms with van der Waals surface area (Å²) in [6.07, 6.45) is -5.80. The average Bonchev–Trinajstić information content (AvgIpc) is 3.42. The summed E-state index contributed by atoms with van der Waals surface area (Å²) >= 11 is 10.9. The van der Waals surface area contributed by atoms with E-state index in [2.05, 4.69) is 27.6 Å². The van der Waals surface area contributed by atoms with E-state index in [0.717, 1.165) is 48.8 Å². The van der Waals surface area contributed by atoms with Crippen LogP contribution in [-0.4, -0.2) is 55.5 Å². The lowest BCUT2D eigenvalue weighted by molar-refractivity contribution is -0.139. The highest BCUT2D eigenvalue weighted by Gasteiger charge is 2.33. The van der Waals surface area contributed by atoms with Crippen molar-refractivity contribution in [2.45, 2.75) is 24.6 Å². The van der Waals surface area contributed by atoms with Gasteiger partial charge in [-0.15, -0.1) is 0 Å². The minimum Gasteiger partial charge on any atom is -0.489 e. The second kappa shape index (κ2) is 20.2. The van der Waals surface area contributed by atoms with Gasteiger partial charge in [-0.25, -0.2) is 14.6 Å². The van der Waals surface area contributed by atoms with Gasteiger partial charge in [0.05, 0.1) is 35.8 Å². The monoisotopic (exact) mass is 746 g/mol. The number of esters is 2. The minimum atomic E-state index is -4.55. The molecule has 18 heteroatoms. The molecule has 3 rings (SSSR count). The number of benzene rings is 2. The first kappa shape index (κ1) is 43.7. The number of halogens is 8. The molecule has 0 unspecified atom stereocenters. The molecule has 9 nitrogen and oxygen atoms in total. The quantitative estimate of drug-likeness (QED) is 0.0715. The number of thiazole rings is 1. The Bertz CT molecular complexity index is 1550. The highest BCUT2D eigenvalue weighted by molar-refractivity contribution is 7.19. The van der Waals surface area contributed by atoms with Crippen molar-refractivity contribution in [2.75, 3.05) is 33.2 Å². The predicted molar refractivity (Wildman–Crippen MR) is 171 cm³/mol. The first-order valence-corrected chi connectivity index (χ1v) is 14.2. The molecule has 0 aliphatic rings. The largest absolute Gasteiger partial charge is 0.489 e. The molecule has 0 aliphatic heterocycles. The summed E-state index contributed by atoms with van der Waals surface area (Å²) in [7, 11) is 2.36. The molecule has 2 aromatic carbocycles. The molecule has 0 saturated heterocycles. The van der Waals surface area contributed by atoms with Crippen LogP contribution in [0, 0.1) is 0 Å². The van der Waals surface area contributed by atoms with Crippen LogP contribution in [0.25, 0.3) is 10.4 Å². The van der Waals surface area contributed by atoms with Crippen molar-refractivity contribution in [3.63, 3.8) is 0 Å². The second-order valence-corrected chi connectivity index (χ2v) is 10.4. The number of carbonyl (C=O) groups excluding carboxylic acids is 3. The summed E-state index contributed by atoms with van der Waals surface area (Å²) in [6, 6.07) is 5.70. The van der Waals surface area contributed by atoms with Gasteiger partial charge in [0.2, 0.25) is 4.84 Å². The summed E-state index contributed by atoms with van der Waals surface area (Å²) in [5.74, 6) is -1.16. The Labute approximate surface area is 285 Å². The lowest BCUT2D eigenvalue weighted by Crippen LogP contribution is -2.08.